The summed E-state index contributed by atoms with van der Waals surface area (Å²) < 4.78 is 68.1. The van der Waals surface area contributed by atoms with Gasteiger partial charge in [-0.2, -0.15) is 18.4 Å². The summed E-state index contributed by atoms with van der Waals surface area (Å²) in [5.41, 5.74) is 0.151. The van der Waals surface area contributed by atoms with Crippen LogP contribution >= 0.6 is 0 Å². The number of β-amino-alcohol motifs (C(OH)–C–C–N with tert-alkyl or cyclic N) is 1. The summed E-state index contributed by atoms with van der Waals surface area (Å²) in [7, 11) is -3.32. The summed E-state index contributed by atoms with van der Waals surface area (Å²) in [6.07, 6.45) is 1.07. The fourth-order valence-electron chi connectivity index (χ4n) is 5.16. The van der Waals surface area contributed by atoms with Crippen LogP contribution in [0.15, 0.2) is 36.9 Å². The number of nitriles is 1. The summed E-state index contributed by atoms with van der Waals surface area (Å²) in [5, 5.41) is 22.6. The molecular weight excluding hydrogens is 561 g/mol. The number of anilines is 1. The molecule has 1 aromatic carbocycles. The van der Waals surface area contributed by atoms with Gasteiger partial charge < -0.3 is 15.0 Å². The molecule has 0 amide bonds. The molecule has 2 fully saturated rings. The van der Waals surface area contributed by atoms with Crippen LogP contribution in [0.2, 0.25) is 0 Å². The zero-order valence-corrected chi connectivity index (χ0v) is 23.0. The average Bonchev–Trinajstić information content (AvgIpc) is 3.57. The first-order chi connectivity index (χ1) is 19.4. The molecule has 2 aromatic heterocycles. The van der Waals surface area contributed by atoms with Crippen molar-refractivity contribution in [3.8, 4) is 23.1 Å². The van der Waals surface area contributed by atoms with E-state index in [1.54, 1.807) is 12.1 Å². The zero-order chi connectivity index (χ0) is 29.4. The van der Waals surface area contributed by atoms with Crippen molar-refractivity contribution in [1.82, 2.24) is 28.7 Å². The van der Waals surface area contributed by atoms with E-state index in [4.69, 9.17) is 0 Å². The maximum absolute atomic E-state index is 13.9. The van der Waals surface area contributed by atoms with Crippen LogP contribution in [0, 0.1) is 11.3 Å². The van der Waals surface area contributed by atoms with Gasteiger partial charge in [-0.05, 0) is 37.0 Å². The number of aliphatic hydroxyl groups is 1. The smallest absolute Gasteiger partial charge is 0.392 e. The highest BCUT2D eigenvalue weighted by Crippen LogP contribution is 2.36. The number of rotatable bonds is 7. The predicted molar refractivity (Wildman–Crippen MR) is 143 cm³/mol. The van der Waals surface area contributed by atoms with Crippen molar-refractivity contribution in [3.05, 3.63) is 53.6 Å². The van der Waals surface area contributed by atoms with Crippen LogP contribution in [0.25, 0.3) is 17.1 Å². The standard InChI is InChI=1S/C26H29F3N8O3S/c1-41(39,40)37-8-4-19(5-9-37)33-25-31-12-21(26(27,28)29)24(34-25)22-15-36(16-32-22)23-3-2-17(10-18(23)11-30)13-35-7-6-20(38)14-35/h2-3,10,12,15-16,19-20,38H,4-9,13-14H2,1H3,(H,31,33,34)/t20-/m1/s1. The van der Waals surface area contributed by atoms with Gasteiger partial charge in [-0.15, -0.1) is 0 Å². The Balaban J connectivity index is 1.39. The van der Waals surface area contributed by atoms with Gasteiger partial charge in [0.05, 0.1) is 23.6 Å². The third-order valence-corrected chi connectivity index (χ3v) is 8.59. The van der Waals surface area contributed by atoms with E-state index in [2.05, 4.69) is 31.2 Å². The molecule has 11 nitrogen and oxygen atoms in total. The summed E-state index contributed by atoms with van der Waals surface area (Å²) in [6.45, 7) is 2.46. The van der Waals surface area contributed by atoms with Gasteiger partial charge in [0.25, 0.3) is 0 Å². The van der Waals surface area contributed by atoms with Crippen molar-refractivity contribution < 1.29 is 26.7 Å². The minimum absolute atomic E-state index is 0.0190. The van der Waals surface area contributed by atoms with Gasteiger partial charge in [-0.25, -0.2) is 27.7 Å². The minimum Gasteiger partial charge on any atom is -0.392 e. The first kappa shape index (κ1) is 28.9. The van der Waals surface area contributed by atoms with Gasteiger partial charge in [-0.3, -0.25) is 4.90 Å². The third kappa shape index (κ3) is 6.67. The number of aliphatic hydroxyl groups excluding tert-OH is 1. The molecule has 2 aliphatic heterocycles. The lowest BCUT2D eigenvalue weighted by Crippen LogP contribution is -2.42. The molecular formula is C26H29F3N8O3S. The number of imidazole rings is 1. The molecule has 2 saturated heterocycles. The first-order valence-corrected chi connectivity index (χ1v) is 14.9. The topological polar surface area (TPSA) is 140 Å². The number of aromatic nitrogens is 4. The predicted octanol–water partition coefficient (Wildman–Crippen LogP) is 2.62. The molecule has 1 atom stereocenters. The Kier molecular flexibility index (Phi) is 8.02. The van der Waals surface area contributed by atoms with Gasteiger partial charge in [0.1, 0.15) is 29.3 Å². The summed E-state index contributed by atoms with van der Waals surface area (Å²) in [4.78, 5) is 14.3. The molecule has 4 heterocycles. The van der Waals surface area contributed by atoms with Crippen molar-refractivity contribution in [2.75, 3.05) is 37.8 Å². The second-order valence-corrected chi connectivity index (χ2v) is 12.3. The maximum atomic E-state index is 13.9. The lowest BCUT2D eigenvalue weighted by Gasteiger charge is -2.30. The van der Waals surface area contributed by atoms with Gasteiger partial charge in [0.2, 0.25) is 16.0 Å². The van der Waals surface area contributed by atoms with Crippen molar-refractivity contribution in [2.24, 2.45) is 0 Å². The van der Waals surface area contributed by atoms with Crippen LogP contribution in [0.4, 0.5) is 19.1 Å². The molecule has 3 aromatic rings. The molecule has 2 aliphatic rings. The van der Waals surface area contributed by atoms with Crippen LogP contribution in [0.1, 0.15) is 36.0 Å². The quantitative estimate of drug-likeness (QED) is 0.425. The monoisotopic (exact) mass is 590 g/mol. The fourth-order valence-corrected chi connectivity index (χ4v) is 6.03. The van der Waals surface area contributed by atoms with Gasteiger partial charge in [0.15, 0.2) is 0 Å². The first-order valence-electron chi connectivity index (χ1n) is 13.0. The Labute approximate surface area is 235 Å². The molecule has 2 N–H and O–H groups in total. The SMILES string of the molecule is CS(=O)(=O)N1CCC(Nc2ncc(C(F)(F)F)c(-c3cn(-c4ccc(CN5CC[C@@H](O)C5)cc4C#N)cn3)n2)CC1. The molecule has 0 unspecified atom stereocenters. The normalized spacial score (nSPS) is 19.4. The van der Waals surface area contributed by atoms with E-state index in [0.717, 1.165) is 18.4 Å². The van der Waals surface area contributed by atoms with Gasteiger partial charge in [-0.1, -0.05) is 6.07 Å². The van der Waals surface area contributed by atoms with Crippen LogP contribution in [0.5, 0.6) is 0 Å². The number of piperidine rings is 1. The van der Waals surface area contributed by atoms with Crippen LogP contribution in [-0.4, -0.2) is 86.8 Å². The van der Waals surface area contributed by atoms with E-state index in [-0.39, 0.29) is 36.9 Å². The highest BCUT2D eigenvalue weighted by atomic mass is 32.2. The van der Waals surface area contributed by atoms with Gasteiger partial charge >= 0.3 is 6.18 Å². The van der Waals surface area contributed by atoms with E-state index in [1.165, 1.54) is 21.4 Å². The summed E-state index contributed by atoms with van der Waals surface area (Å²) in [6, 6.07) is 7.21. The number of hydrogen-bond donors (Lipinski definition) is 2. The maximum Gasteiger partial charge on any atom is 0.420 e. The third-order valence-electron chi connectivity index (χ3n) is 7.29. The fraction of sp³-hybridized carbons (Fsp3) is 0.462. The minimum atomic E-state index is -4.74. The van der Waals surface area contributed by atoms with E-state index < -0.39 is 27.5 Å². The Bertz CT molecular complexity index is 1560. The number of alkyl halides is 3. The van der Waals surface area contributed by atoms with Crippen molar-refractivity contribution in [2.45, 2.75) is 44.1 Å². The molecule has 0 bridgehead atoms. The Morgan fingerprint density at radius 3 is 2.56 bits per heavy atom. The lowest BCUT2D eigenvalue weighted by atomic mass is 10.1. The molecule has 0 aliphatic carbocycles. The molecule has 5 rings (SSSR count). The van der Waals surface area contributed by atoms with E-state index in [1.807, 2.05) is 6.07 Å². The van der Waals surface area contributed by atoms with Crippen molar-refractivity contribution in [3.63, 3.8) is 0 Å². The second-order valence-electron chi connectivity index (χ2n) is 10.3. The Morgan fingerprint density at radius 2 is 1.93 bits per heavy atom. The van der Waals surface area contributed by atoms with Crippen LogP contribution in [-0.2, 0) is 22.7 Å². The van der Waals surface area contributed by atoms with Crippen molar-refractivity contribution in [1.29, 1.82) is 5.26 Å². The van der Waals surface area contributed by atoms with Crippen LogP contribution < -0.4 is 5.32 Å². The number of halogens is 3. The summed E-state index contributed by atoms with van der Waals surface area (Å²) in [5.74, 6) is -0.0190. The van der Waals surface area contributed by atoms with E-state index in [9.17, 15) is 32.0 Å². The van der Waals surface area contributed by atoms with E-state index >= 15 is 0 Å². The largest absolute Gasteiger partial charge is 0.420 e. The molecule has 0 radical (unpaired) electrons. The molecule has 0 spiro atoms. The molecule has 218 valence electrons. The molecule has 0 saturated carbocycles. The number of nitrogens with zero attached hydrogens (tertiary/aromatic N) is 7. The number of benzene rings is 1. The lowest BCUT2D eigenvalue weighted by molar-refractivity contribution is -0.137. The number of sulfonamides is 1. The Morgan fingerprint density at radius 1 is 1.17 bits per heavy atom. The summed E-state index contributed by atoms with van der Waals surface area (Å²) >= 11 is 0. The van der Waals surface area contributed by atoms with Crippen LogP contribution in [0.3, 0.4) is 0 Å². The highest BCUT2D eigenvalue weighted by molar-refractivity contribution is 7.88. The second kappa shape index (κ2) is 11.4. The van der Waals surface area contributed by atoms with E-state index in [0.29, 0.717) is 49.8 Å². The number of nitrogens with one attached hydrogen (secondary N) is 1. The Hall–Kier alpha value is -3.58. The number of likely N-dealkylation sites (tertiary alicyclic amines) is 1. The van der Waals surface area contributed by atoms with Crippen molar-refractivity contribution >= 4 is 16.0 Å². The number of hydrogen-bond acceptors (Lipinski definition) is 9. The average molecular weight is 591 g/mol. The molecule has 15 heteroatoms. The molecule has 41 heavy (non-hydrogen) atoms. The highest BCUT2D eigenvalue weighted by Gasteiger charge is 2.36. The van der Waals surface area contributed by atoms with Gasteiger partial charge in [0, 0.05) is 51.2 Å². The zero-order valence-electron chi connectivity index (χ0n) is 22.2.